The zero-order chi connectivity index (χ0) is 28.9. The van der Waals surface area contributed by atoms with Crippen molar-refractivity contribution >= 4 is 45.3 Å². The average molecular weight is 612 g/mol. The van der Waals surface area contributed by atoms with Crippen LogP contribution in [0, 0.1) is 0 Å². The van der Waals surface area contributed by atoms with Gasteiger partial charge in [0.1, 0.15) is 17.2 Å². The summed E-state index contributed by atoms with van der Waals surface area (Å²) in [5, 5.41) is 2.32. The summed E-state index contributed by atoms with van der Waals surface area (Å²) in [6.45, 7) is 4.06. The first-order valence-electron chi connectivity index (χ1n) is 13.2. The molecule has 0 radical (unpaired) electrons. The van der Waals surface area contributed by atoms with E-state index in [1.54, 1.807) is 42.5 Å². The van der Waals surface area contributed by atoms with Crippen molar-refractivity contribution in [2.24, 2.45) is 0 Å². The van der Waals surface area contributed by atoms with Gasteiger partial charge < -0.3 is 23.0 Å². The predicted octanol–water partition coefficient (Wildman–Crippen LogP) is 7.20. The van der Waals surface area contributed by atoms with Crippen molar-refractivity contribution < 1.29 is 27.6 Å². The van der Waals surface area contributed by atoms with Crippen molar-refractivity contribution in [2.45, 2.75) is 0 Å². The van der Waals surface area contributed by atoms with E-state index in [1.807, 2.05) is 91.0 Å². The molecule has 3 unspecified atom stereocenters. The van der Waals surface area contributed by atoms with Gasteiger partial charge in [0, 0.05) is 16.2 Å². The number of hydrogen-bond acceptors (Lipinski definition) is 6. The van der Waals surface area contributed by atoms with Gasteiger partial charge in [-0.2, -0.15) is 0 Å². The molecule has 0 saturated heterocycles. The lowest BCUT2D eigenvalue weighted by Gasteiger charge is -2.30. The van der Waals surface area contributed by atoms with Crippen LogP contribution in [0.15, 0.2) is 140 Å². The Bertz CT molecular complexity index is 1750. The Hall–Kier alpha value is -3.75. The van der Waals surface area contributed by atoms with E-state index in [0.717, 1.165) is 16.4 Å². The molecule has 0 amide bonds. The molecule has 0 spiro atoms. The van der Waals surface area contributed by atoms with Crippen molar-refractivity contribution in [3.63, 3.8) is 0 Å². The van der Waals surface area contributed by atoms with E-state index in [-0.39, 0.29) is 11.1 Å². The van der Waals surface area contributed by atoms with E-state index in [4.69, 9.17) is 18.1 Å². The van der Waals surface area contributed by atoms with Crippen LogP contribution in [-0.4, -0.2) is 11.5 Å². The van der Waals surface area contributed by atoms with Crippen LogP contribution in [-0.2, 0) is 9.09 Å². The van der Waals surface area contributed by atoms with Crippen LogP contribution in [0.1, 0.15) is 0 Å². The second-order valence-corrected chi connectivity index (χ2v) is 14.2. The maximum absolute atomic E-state index is 15.2. The minimum Gasteiger partial charge on any atom is -0.444 e. The molecule has 0 bridgehead atoms. The van der Waals surface area contributed by atoms with Crippen LogP contribution in [0.25, 0.3) is 11.1 Å². The van der Waals surface area contributed by atoms with E-state index >= 15 is 4.57 Å². The molecular formula is C33H27O6P3. The summed E-state index contributed by atoms with van der Waals surface area (Å²) in [5.74, 6) is 1.17. The number of rotatable bonds is 10. The summed E-state index contributed by atoms with van der Waals surface area (Å²) < 4.78 is 40.1. The molecule has 0 aliphatic carbocycles. The maximum Gasteiger partial charge on any atom is 0.311 e. The number of para-hydroxylation sites is 1. The molecule has 1 heterocycles. The summed E-state index contributed by atoms with van der Waals surface area (Å²) in [6.07, 6.45) is 1.67. The standard InChI is InChI=1S/C33H27O6P3/c1-2-23-36-41(27-15-7-4-8-16-27)37-25-21-22-31(38-40(34)26-13-5-3-6-14-26)33(24-25)42(35)32-20-12-10-18-29(32)28-17-9-11-19-30(28)39-42/h2-22,24,34H,1,23H2. The zero-order valence-electron chi connectivity index (χ0n) is 22.4. The normalized spacial score (nSPS) is 16.7. The summed E-state index contributed by atoms with van der Waals surface area (Å²) in [7, 11) is -7.37. The highest BCUT2D eigenvalue weighted by molar-refractivity contribution is 7.75. The van der Waals surface area contributed by atoms with Crippen LogP contribution in [0.5, 0.6) is 17.2 Å². The van der Waals surface area contributed by atoms with Gasteiger partial charge in [-0.05, 0) is 60.2 Å². The van der Waals surface area contributed by atoms with Crippen molar-refractivity contribution in [1.29, 1.82) is 0 Å². The zero-order valence-corrected chi connectivity index (χ0v) is 25.1. The van der Waals surface area contributed by atoms with Crippen molar-refractivity contribution in [1.82, 2.24) is 0 Å². The van der Waals surface area contributed by atoms with E-state index in [9.17, 15) is 4.89 Å². The highest BCUT2D eigenvalue weighted by Crippen LogP contribution is 2.56. The number of hydrogen-bond donors (Lipinski definition) is 1. The first-order chi connectivity index (χ1) is 20.6. The van der Waals surface area contributed by atoms with Crippen LogP contribution >= 0.6 is 24.1 Å². The molecule has 1 aliphatic rings. The summed E-state index contributed by atoms with van der Waals surface area (Å²) in [4.78, 5) is 11.0. The average Bonchev–Trinajstić information content (AvgIpc) is 3.04. The van der Waals surface area contributed by atoms with Gasteiger partial charge in [-0.3, -0.25) is 4.57 Å². The molecule has 6 nitrogen and oxygen atoms in total. The van der Waals surface area contributed by atoms with Crippen LogP contribution in [0.2, 0.25) is 0 Å². The van der Waals surface area contributed by atoms with Crippen molar-refractivity contribution in [3.8, 4) is 28.4 Å². The SMILES string of the molecule is C=CCOP(Oc1ccc(OP(O)c2ccccc2)c(P2(=O)Oc3ccccc3-c3ccccc32)c1)c1ccccc1. The van der Waals surface area contributed by atoms with E-state index in [2.05, 4.69) is 6.58 Å². The predicted molar refractivity (Wildman–Crippen MR) is 171 cm³/mol. The lowest BCUT2D eigenvalue weighted by atomic mass is 10.0. The van der Waals surface area contributed by atoms with Crippen LogP contribution in [0.4, 0.5) is 0 Å². The quantitative estimate of drug-likeness (QED) is 0.133. The fourth-order valence-corrected chi connectivity index (χ4v) is 9.19. The number of fused-ring (bicyclic) bond motifs is 3. The fraction of sp³-hybridized carbons (Fsp3) is 0.0303. The Balaban J connectivity index is 1.46. The Morgan fingerprint density at radius 2 is 1.38 bits per heavy atom. The monoisotopic (exact) mass is 612 g/mol. The lowest BCUT2D eigenvalue weighted by Crippen LogP contribution is -2.26. The largest absolute Gasteiger partial charge is 0.444 e. The lowest BCUT2D eigenvalue weighted by molar-refractivity contribution is 0.361. The molecule has 6 rings (SSSR count). The van der Waals surface area contributed by atoms with Gasteiger partial charge in [0.05, 0.1) is 17.2 Å². The molecular weight excluding hydrogens is 585 g/mol. The Morgan fingerprint density at radius 3 is 2.12 bits per heavy atom. The van der Waals surface area contributed by atoms with Gasteiger partial charge in [0.2, 0.25) is 0 Å². The first kappa shape index (κ1) is 28.4. The Morgan fingerprint density at radius 1 is 0.738 bits per heavy atom. The molecule has 210 valence electrons. The molecule has 0 fully saturated rings. The van der Waals surface area contributed by atoms with Crippen molar-refractivity contribution in [3.05, 3.63) is 140 Å². The third kappa shape index (κ3) is 5.78. The molecule has 5 aromatic carbocycles. The maximum atomic E-state index is 15.2. The molecule has 1 N–H and O–H groups in total. The van der Waals surface area contributed by atoms with Gasteiger partial charge in [-0.25, -0.2) is 0 Å². The second-order valence-electron chi connectivity index (χ2n) is 9.25. The molecule has 42 heavy (non-hydrogen) atoms. The third-order valence-corrected chi connectivity index (χ3v) is 11.6. The van der Waals surface area contributed by atoms with Gasteiger partial charge >= 0.3 is 7.37 Å². The first-order valence-corrected chi connectivity index (χ1v) is 17.2. The second kappa shape index (κ2) is 12.6. The van der Waals surface area contributed by atoms with E-state index in [0.29, 0.717) is 28.7 Å². The van der Waals surface area contributed by atoms with Crippen LogP contribution in [0.3, 0.4) is 0 Å². The summed E-state index contributed by atoms with van der Waals surface area (Å²) >= 11 is 0. The van der Waals surface area contributed by atoms with Crippen LogP contribution < -0.4 is 34.8 Å². The molecule has 1 aliphatic heterocycles. The van der Waals surface area contributed by atoms with E-state index < -0.39 is 24.1 Å². The topological polar surface area (TPSA) is 74.2 Å². The highest BCUT2D eigenvalue weighted by Gasteiger charge is 2.41. The minimum absolute atomic E-state index is 0.244. The summed E-state index contributed by atoms with van der Waals surface area (Å²) in [6, 6.07) is 38.8. The summed E-state index contributed by atoms with van der Waals surface area (Å²) in [5.41, 5.74) is 1.67. The molecule has 0 saturated carbocycles. The highest BCUT2D eigenvalue weighted by atomic mass is 31.2. The van der Waals surface area contributed by atoms with Crippen molar-refractivity contribution in [2.75, 3.05) is 6.61 Å². The molecule has 3 atom stereocenters. The molecule has 9 heteroatoms. The molecule has 5 aromatic rings. The van der Waals surface area contributed by atoms with Gasteiger partial charge in [-0.15, -0.1) is 6.58 Å². The Kier molecular flexibility index (Phi) is 8.53. The Labute approximate surface area is 247 Å². The number of benzene rings is 5. The minimum atomic E-state index is -3.79. The smallest absolute Gasteiger partial charge is 0.311 e. The third-order valence-electron chi connectivity index (χ3n) is 6.50. The van der Waals surface area contributed by atoms with Gasteiger partial charge in [0.15, 0.2) is 0 Å². The molecule has 0 aromatic heterocycles. The van der Waals surface area contributed by atoms with E-state index in [1.165, 1.54) is 0 Å². The van der Waals surface area contributed by atoms with Gasteiger partial charge in [0.25, 0.3) is 16.8 Å². The van der Waals surface area contributed by atoms with Gasteiger partial charge in [-0.1, -0.05) is 78.9 Å². The fourth-order valence-electron chi connectivity index (χ4n) is 4.58.